The third-order valence-electron chi connectivity index (χ3n) is 5.60. The number of fused-ring (bicyclic) bond motifs is 1. The second-order valence-corrected chi connectivity index (χ2v) is 7.63. The highest BCUT2D eigenvalue weighted by molar-refractivity contribution is 5.97. The minimum absolute atomic E-state index is 0.00492. The zero-order valence-electron chi connectivity index (χ0n) is 16.3. The maximum Gasteiger partial charge on any atom is 0.289 e. The highest BCUT2D eigenvalue weighted by Crippen LogP contribution is 2.24. The number of aromatic nitrogens is 2. The van der Waals surface area contributed by atoms with Crippen LogP contribution in [0.5, 0.6) is 0 Å². The molecule has 144 valence electrons. The van der Waals surface area contributed by atoms with Crippen LogP contribution in [0.15, 0.2) is 0 Å². The third-order valence-corrected chi connectivity index (χ3v) is 5.60. The first-order valence-electron chi connectivity index (χ1n) is 10.3. The van der Waals surface area contributed by atoms with E-state index in [4.69, 9.17) is 0 Å². The summed E-state index contributed by atoms with van der Waals surface area (Å²) in [5.41, 5.74) is 1.46. The minimum atomic E-state index is -0.0426. The standard InChI is InChI=1S/C20H32N4O2/c1-3-4-12-22(2)19(25)17-16-11-7-10-15-24(16)18(21-17)20(26)23-13-8-5-6-9-14-23/h3-15H2,1-2H3. The summed E-state index contributed by atoms with van der Waals surface area (Å²) in [6.45, 7) is 5.26. The smallest absolute Gasteiger partial charge is 0.289 e. The van der Waals surface area contributed by atoms with Crippen LogP contribution in [0.3, 0.4) is 0 Å². The van der Waals surface area contributed by atoms with Gasteiger partial charge >= 0.3 is 0 Å². The molecule has 0 radical (unpaired) electrons. The molecule has 0 aromatic carbocycles. The fraction of sp³-hybridized carbons (Fsp3) is 0.750. The summed E-state index contributed by atoms with van der Waals surface area (Å²) in [7, 11) is 1.84. The average Bonchev–Trinajstić information content (AvgIpc) is 2.84. The van der Waals surface area contributed by atoms with Gasteiger partial charge in [0.1, 0.15) is 5.69 Å². The van der Waals surface area contributed by atoms with Crippen LogP contribution >= 0.6 is 0 Å². The van der Waals surface area contributed by atoms with Gasteiger partial charge in [-0.1, -0.05) is 26.2 Å². The van der Waals surface area contributed by atoms with Gasteiger partial charge in [-0.15, -0.1) is 0 Å². The zero-order chi connectivity index (χ0) is 18.5. The molecule has 3 heterocycles. The first kappa shape index (κ1) is 18.9. The Morgan fingerprint density at radius 1 is 1.04 bits per heavy atom. The molecule has 1 aromatic rings. The molecular formula is C20H32N4O2. The molecule has 2 amide bonds. The molecule has 1 aromatic heterocycles. The topological polar surface area (TPSA) is 58.4 Å². The number of imidazole rings is 1. The Morgan fingerprint density at radius 2 is 1.73 bits per heavy atom. The molecule has 2 aliphatic heterocycles. The van der Waals surface area contributed by atoms with Crippen molar-refractivity contribution in [1.82, 2.24) is 19.4 Å². The van der Waals surface area contributed by atoms with Crippen molar-refractivity contribution < 1.29 is 9.59 Å². The van der Waals surface area contributed by atoms with Gasteiger partial charge in [0.05, 0.1) is 5.69 Å². The van der Waals surface area contributed by atoms with Gasteiger partial charge in [-0.25, -0.2) is 4.98 Å². The number of likely N-dealkylation sites (tertiary alicyclic amines) is 1. The lowest BCUT2D eigenvalue weighted by Gasteiger charge is -2.22. The lowest BCUT2D eigenvalue weighted by atomic mass is 10.1. The summed E-state index contributed by atoms with van der Waals surface area (Å²) in [6, 6.07) is 0. The van der Waals surface area contributed by atoms with Gasteiger partial charge in [-0.05, 0) is 38.5 Å². The molecule has 0 N–H and O–H groups in total. The van der Waals surface area contributed by atoms with Crippen LogP contribution < -0.4 is 0 Å². The fourth-order valence-electron chi connectivity index (χ4n) is 3.97. The summed E-state index contributed by atoms with van der Waals surface area (Å²) in [5, 5.41) is 0. The zero-order valence-corrected chi connectivity index (χ0v) is 16.3. The molecule has 0 aliphatic carbocycles. The molecule has 0 spiro atoms. The molecule has 6 heteroatoms. The summed E-state index contributed by atoms with van der Waals surface area (Å²) in [4.78, 5) is 34.3. The molecule has 1 saturated heterocycles. The summed E-state index contributed by atoms with van der Waals surface area (Å²) in [5.74, 6) is 0.443. The number of carbonyl (C=O) groups is 2. The minimum Gasteiger partial charge on any atom is -0.340 e. The van der Waals surface area contributed by atoms with E-state index in [0.29, 0.717) is 11.5 Å². The highest BCUT2D eigenvalue weighted by atomic mass is 16.2. The Labute approximate surface area is 156 Å². The SMILES string of the molecule is CCCCN(C)C(=O)c1nc(C(=O)N2CCCCCC2)n2c1CCCC2. The second-order valence-electron chi connectivity index (χ2n) is 7.63. The van der Waals surface area contributed by atoms with Crippen LogP contribution in [-0.4, -0.2) is 57.8 Å². The van der Waals surface area contributed by atoms with Crippen molar-refractivity contribution in [2.45, 2.75) is 71.3 Å². The number of hydrogen-bond donors (Lipinski definition) is 0. The summed E-state index contributed by atoms with van der Waals surface area (Å²) in [6.07, 6.45) is 9.48. The van der Waals surface area contributed by atoms with E-state index in [2.05, 4.69) is 11.9 Å². The van der Waals surface area contributed by atoms with Crippen molar-refractivity contribution in [2.75, 3.05) is 26.7 Å². The first-order chi connectivity index (χ1) is 12.6. The quantitative estimate of drug-likeness (QED) is 0.811. The maximum absolute atomic E-state index is 13.1. The summed E-state index contributed by atoms with van der Waals surface area (Å²) >= 11 is 0. The number of unbranched alkanes of at least 4 members (excludes halogenated alkanes) is 1. The predicted molar refractivity (Wildman–Crippen MR) is 101 cm³/mol. The lowest BCUT2D eigenvalue weighted by Crippen LogP contribution is -2.34. The van der Waals surface area contributed by atoms with Gasteiger partial charge in [0.15, 0.2) is 5.82 Å². The van der Waals surface area contributed by atoms with E-state index in [-0.39, 0.29) is 11.8 Å². The third kappa shape index (κ3) is 3.94. The van der Waals surface area contributed by atoms with Crippen LogP contribution in [0.25, 0.3) is 0 Å². The molecular weight excluding hydrogens is 328 g/mol. The predicted octanol–water partition coefficient (Wildman–Crippen LogP) is 3.11. The Bertz CT molecular complexity index is 644. The Morgan fingerprint density at radius 3 is 2.42 bits per heavy atom. The summed E-state index contributed by atoms with van der Waals surface area (Å²) < 4.78 is 2.03. The van der Waals surface area contributed by atoms with Crippen molar-refractivity contribution in [1.29, 1.82) is 0 Å². The van der Waals surface area contributed by atoms with Crippen LogP contribution in [0.4, 0.5) is 0 Å². The van der Waals surface area contributed by atoms with E-state index in [1.54, 1.807) is 4.90 Å². The molecule has 0 atom stereocenters. The van der Waals surface area contributed by atoms with Gasteiger partial charge in [0.2, 0.25) is 0 Å². The van der Waals surface area contributed by atoms with E-state index >= 15 is 0 Å². The van der Waals surface area contributed by atoms with Gasteiger partial charge in [0.25, 0.3) is 11.8 Å². The second kappa shape index (κ2) is 8.69. The molecule has 1 fully saturated rings. The molecule has 0 bridgehead atoms. The van der Waals surface area contributed by atoms with E-state index in [0.717, 1.165) is 76.8 Å². The van der Waals surface area contributed by atoms with Crippen molar-refractivity contribution in [2.24, 2.45) is 0 Å². The monoisotopic (exact) mass is 360 g/mol. The molecule has 0 unspecified atom stereocenters. The Balaban J connectivity index is 1.87. The molecule has 3 rings (SSSR count). The first-order valence-corrected chi connectivity index (χ1v) is 10.3. The maximum atomic E-state index is 13.1. The van der Waals surface area contributed by atoms with Gasteiger partial charge in [-0.2, -0.15) is 0 Å². The number of carbonyl (C=O) groups excluding carboxylic acids is 2. The fourth-order valence-corrected chi connectivity index (χ4v) is 3.97. The largest absolute Gasteiger partial charge is 0.340 e. The van der Waals surface area contributed by atoms with Crippen molar-refractivity contribution in [3.8, 4) is 0 Å². The molecule has 6 nitrogen and oxygen atoms in total. The Kier molecular flexibility index (Phi) is 6.33. The average molecular weight is 361 g/mol. The molecule has 26 heavy (non-hydrogen) atoms. The van der Waals surface area contributed by atoms with Crippen molar-refractivity contribution >= 4 is 11.8 Å². The van der Waals surface area contributed by atoms with E-state index in [9.17, 15) is 9.59 Å². The van der Waals surface area contributed by atoms with Crippen LogP contribution in [0, 0.1) is 0 Å². The van der Waals surface area contributed by atoms with Crippen LogP contribution in [0.1, 0.15) is 85.1 Å². The normalized spacial score (nSPS) is 17.5. The van der Waals surface area contributed by atoms with Crippen LogP contribution in [-0.2, 0) is 13.0 Å². The van der Waals surface area contributed by atoms with Gasteiger partial charge in [0, 0.05) is 33.2 Å². The van der Waals surface area contributed by atoms with E-state index < -0.39 is 0 Å². The number of nitrogens with zero attached hydrogens (tertiary/aromatic N) is 4. The van der Waals surface area contributed by atoms with Crippen LogP contribution in [0.2, 0.25) is 0 Å². The Hall–Kier alpha value is -1.85. The van der Waals surface area contributed by atoms with Crippen molar-refractivity contribution in [3.63, 3.8) is 0 Å². The number of hydrogen-bond acceptors (Lipinski definition) is 3. The van der Waals surface area contributed by atoms with Gasteiger partial charge < -0.3 is 14.4 Å². The van der Waals surface area contributed by atoms with Crippen molar-refractivity contribution in [3.05, 3.63) is 17.2 Å². The number of amides is 2. The molecule has 2 aliphatic rings. The van der Waals surface area contributed by atoms with E-state index in [1.165, 1.54) is 12.8 Å². The van der Waals surface area contributed by atoms with Gasteiger partial charge in [-0.3, -0.25) is 9.59 Å². The highest BCUT2D eigenvalue weighted by Gasteiger charge is 2.30. The number of rotatable bonds is 5. The lowest BCUT2D eigenvalue weighted by molar-refractivity contribution is 0.0743. The van der Waals surface area contributed by atoms with E-state index in [1.807, 2.05) is 16.5 Å². The molecule has 0 saturated carbocycles.